The van der Waals surface area contributed by atoms with E-state index in [9.17, 15) is 18.0 Å². The number of aromatic nitrogens is 1. The predicted molar refractivity (Wildman–Crippen MR) is 113 cm³/mol. The van der Waals surface area contributed by atoms with Crippen LogP contribution in [0.4, 0.5) is 5.69 Å². The Labute approximate surface area is 176 Å². The maximum atomic E-state index is 13.2. The minimum absolute atomic E-state index is 0.0358. The van der Waals surface area contributed by atoms with E-state index in [4.69, 9.17) is 0 Å². The van der Waals surface area contributed by atoms with Gasteiger partial charge in [0.15, 0.2) is 0 Å². The Morgan fingerprint density at radius 2 is 1.87 bits per heavy atom. The molecule has 1 unspecified atom stereocenters. The SMILES string of the molecule is COC(=O)c1cc(S(=O)(=O)N2CCCC2C(=O)Nc2ccc(C(C)C)cc2)cn1C. The molecule has 0 spiro atoms. The van der Waals surface area contributed by atoms with E-state index in [0.717, 1.165) is 5.56 Å². The molecule has 1 N–H and O–H groups in total. The first-order chi connectivity index (χ1) is 14.1. The van der Waals surface area contributed by atoms with Crippen molar-refractivity contribution in [2.45, 2.75) is 43.5 Å². The maximum Gasteiger partial charge on any atom is 0.354 e. The van der Waals surface area contributed by atoms with Gasteiger partial charge >= 0.3 is 5.97 Å². The average molecular weight is 434 g/mol. The van der Waals surface area contributed by atoms with Crippen molar-refractivity contribution < 1.29 is 22.7 Å². The first-order valence-electron chi connectivity index (χ1n) is 9.82. The third-order valence-corrected chi connectivity index (χ3v) is 7.21. The van der Waals surface area contributed by atoms with Gasteiger partial charge in [-0.05, 0) is 42.5 Å². The van der Waals surface area contributed by atoms with E-state index in [2.05, 4.69) is 23.9 Å². The minimum atomic E-state index is -3.94. The number of anilines is 1. The molecule has 1 saturated heterocycles. The Kier molecular flexibility index (Phi) is 6.33. The van der Waals surface area contributed by atoms with E-state index in [1.54, 1.807) is 7.05 Å². The number of methoxy groups -OCH3 is 1. The molecule has 0 radical (unpaired) electrons. The van der Waals surface area contributed by atoms with Gasteiger partial charge in [0.2, 0.25) is 15.9 Å². The largest absolute Gasteiger partial charge is 0.464 e. The molecule has 2 heterocycles. The normalized spacial score (nSPS) is 17.3. The molecule has 3 rings (SSSR count). The fraction of sp³-hybridized carbons (Fsp3) is 0.429. The number of hydrogen-bond acceptors (Lipinski definition) is 5. The number of carbonyl (C=O) groups excluding carboxylic acids is 2. The lowest BCUT2D eigenvalue weighted by molar-refractivity contribution is -0.119. The Balaban J connectivity index is 1.80. The molecule has 162 valence electrons. The average Bonchev–Trinajstić information content (AvgIpc) is 3.35. The van der Waals surface area contributed by atoms with Crippen LogP contribution in [0.3, 0.4) is 0 Å². The number of carbonyl (C=O) groups is 2. The zero-order valence-electron chi connectivity index (χ0n) is 17.6. The number of ether oxygens (including phenoxy) is 1. The van der Waals surface area contributed by atoms with E-state index in [1.165, 1.54) is 28.2 Å². The molecule has 1 aliphatic rings. The molecule has 2 aromatic rings. The van der Waals surface area contributed by atoms with Crippen LogP contribution >= 0.6 is 0 Å². The Hall–Kier alpha value is -2.65. The summed E-state index contributed by atoms with van der Waals surface area (Å²) in [5, 5.41) is 2.82. The van der Waals surface area contributed by atoms with Crippen molar-refractivity contribution in [3.8, 4) is 0 Å². The summed E-state index contributed by atoms with van der Waals surface area (Å²) in [4.78, 5) is 24.6. The molecule has 0 saturated carbocycles. The van der Waals surface area contributed by atoms with Gasteiger partial charge in [-0.1, -0.05) is 26.0 Å². The van der Waals surface area contributed by atoms with Gasteiger partial charge in [0, 0.05) is 25.5 Å². The fourth-order valence-corrected chi connectivity index (χ4v) is 5.31. The van der Waals surface area contributed by atoms with Crippen LogP contribution in [0.5, 0.6) is 0 Å². The number of benzene rings is 1. The number of nitrogens with one attached hydrogen (secondary N) is 1. The number of hydrogen-bond donors (Lipinski definition) is 1. The highest BCUT2D eigenvalue weighted by molar-refractivity contribution is 7.89. The lowest BCUT2D eigenvalue weighted by atomic mass is 10.0. The van der Waals surface area contributed by atoms with Crippen LogP contribution in [0.15, 0.2) is 41.4 Å². The standard InChI is InChI=1S/C21H27N3O5S/c1-14(2)15-7-9-16(10-8-15)22-20(25)18-6-5-11-24(18)30(27,28)17-12-19(21(26)29-4)23(3)13-17/h7-10,12-14,18H,5-6,11H2,1-4H3,(H,22,25). The Morgan fingerprint density at radius 1 is 1.20 bits per heavy atom. The zero-order chi connectivity index (χ0) is 22.1. The van der Waals surface area contributed by atoms with Gasteiger partial charge in [-0.2, -0.15) is 4.31 Å². The van der Waals surface area contributed by atoms with E-state index >= 15 is 0 Å². The van der Waals surface area contributed by atoms with E-state index in [1.807, 2.05) is 24.3 Å². The Morgan fingerprint density at radius 3 is 2.47 bits per heavy atom. The van der Waals surface area contributed by atoms with Crippen LogP contribution < -0.4 is 5.32 Å². The fourth-order valence-electron chi connectivity index (χ4n) is 3.58. The van der Waals surface area contributed by atoms with Crippen molar-refractivity contribution in [2.75, 3.05) is 19.0 Å². The highest BCUT2D eigenvalue weighted by Gasteiger charge is 2.40. The number of nitrogens with zero attached hydrogens (tertiary/aromatic N) is 2. The lowest BCUT2D eigenvalue weighted by Gasteiger charge is -2.23. The first kappa shape index (κ1) is 22.0. The number of sulfonamides is 1. The van der Waals surface area contributed by atoms with Crippen molar-refractivity contribution in [3.63, 3.8) is 0 Å². The van der Waals surface area contributed by atoms with Gasteiger partial charge in [0.25, 0.3) is 0 Å². The molecule has 1 aromatic heterocycles. The summed E-state index contributed by atoms with van der Waals surface area (Å²) in [6, 6.07) is 8.01. The molecule has 8 nitrogen and oxygen atoms in total. The second kappa shape index (κ2) is 8.61. The molecular weight excluding hydrogens is 406 g/mol. The smallest absolute Gasteiger partial charge is 0.354 e. The highest BCUT2D eigenvalue weighted by atomic mass is 32.2. The van der Waals surface area contributed by atoms with E-state index in [-0.39, 0.29) is 23.0 Å². The van der Waals surface area contributed by atoms with Gasteiger partial charge in [0.05, 0.1) is 7.11 Å². The summed E-state index contributed by atoms with van der Waals surface area (Å²) in [6.07, 6.45) is 2.38. The third kappa shape index (κ3) is 4.27. The number of esters is 1. The number of amides is 1. The molecule has 1 aliphatic heterocycles. The summed E-state index contributed by atoms with van der Waals surface area (Å²) in [6.45, 7) is 4.42. The molecule has 1 atom stereocenters. The van der Waals surface area contributed by atoms with Crippen molar-refractivity contribution in [1.29, 1.82) is 0 Å². The summed E-state index contributed by atoms with van der Waals surface area (Å²) < 4.78 is 33.7. The second-order valence-corrected chi connectivity index (χ2v) is 9.59. The van der Waals surface area contributed by atoms with Crippen molar-refractivity contribution in [2.24, 2.45) is 7.05 Å². The monoisotopic (exact) mass is 433 g/mol. The molecular formula is C21H27N3O5S. The maximum absolute atomic E-state index is 13.2. The Bertz CT molecular complexity index is 1040. The van der Waals surface area contributed by atoms with Gasteiger partial charge in [-0.25, -0.2) is 13.2 Å². The van der Waals surface area contributed by atoms with Gasteiger partial charge in [-0.3, -0.25) is 4.79 Å². The lowest BCUT2D eigenvalue weighted by Crippen LogP contribution is -2.43. The predicted octanol–water partition coefficient (Wildman–Crippen LogP) is 2.73. The van der Waals surface area contributed by atoms with Crippen LogP contribution in [0.25, 0.3) is 0 Å². The highest BCUT2D eigenvalue weighted by Crippen LogP contribution is 2.28. The van der Waals surface area contributed by atoms with Crippen LogP contribution in [0.1, 0.15) is 48.7 Å². The van der Waals surface area contributed by atoms with Crippen molar-refractivity contribution in [3.05, 3.63) is 47.8 Å². The van der Waals surface area contributed by atoms with Crippen LogP contribution in [0, 0.1) is 0 Å². The van der Waals surface area contributed by atoms with E-state index in [0.29, 0.717) is 24.4 Å². The number of rotatable bonds is 6. The molecule has 9 heteroatoms. The van der Waals surface area contributed by atoms with Crippen LogP contribution in [-0.2, 0) is 26.6 Å². The molecule has 30 heavy (non-hydrogen) atoms. The van der Waals surface area contributed by atoms with Crippen LogP contribution in [0.2, 0.25) is 0 Å². The van der Waals surface area contributed by atoms with Crippen molar-refractivity contribution >= 4 is 27.6 Å². The summed E-state index contributed by atoms with van der Waals surface area (Å²) >= 11 is 0. The molecule has 0 aliphatic carbocycles. The second-order valence-electron chi connectivity index (χ2n) is 7.70. The number of aryl methyl sites for hydroxylation is 1. The van der Waals surface area contributed by atoms with Crippen molar-refractivity contribution in [1.82, 2.24) is 8.87 Å². The molecule has 1 amide bonds. The molecule has 1 aromatic carbocycles. The van der Waals surface area contributed by atoms with Gasteiger partial charge in [-0.15, -0.1) is 0 Å². The van der Waals surface area contributed by atoms with Gasteiger partial charge in [0.1, 0.15) is 16.6 Å². The first-order valence-corrected chi connectivity index (χ1v) is 11.3. The quantitative estimate of drug-likeness (QED) is 0.707. The molecule has 0 bridgehead atoms. The summed E-state index contributed by atoms with van der Waals surface area (Å²) in [5.74, 6) is -0.608. The zero-order valence-corrected chi connectivity index (χ0v) is 18.4. The van der Waals surface area contributed by atoms with Crippen LogP contribution in [-0.4, -0.2) is 48.9 Å². The topological polar surface area (TPSA) is 97.7 Å². The minimum Gasteiger partial charge on any atom is -0.464 e. The summed E-state index contributed by atoms with van der Waals surface area (Å²) in [7, 11) is -1.14. The van der Waals surface area contributed by atoms with E-state index < -0.39 is 22.0 Å². The van der Waals surface area contributed by atoms with Gasteiger partial charge < -0.3 is 14.6 Å². The summed E-state index contributed by atoms with van der Waals surface area (Å²) in [5.41, 5.74) is 1.91. The molecule has 1 fully saturated rings. The third-order valence-electron chi connectivity index (χ3n) is 5.33.